The highest BCUT2D eigenvalue weighted by Gasteiger charge is 2.35. The number of carbonyl (C=O) groups is 1. The highest BCUT2D eigenvalue weighted by atomic mass is 32.1. The Morgan fingerprint density at radius 2 is 2.44 bits per heavy atom. The molecule has 1 aromatic heterocycles. The second-order valence-electron chi connectivity index (χ2n) is 3.52. The van der Waals surface area contributed by atoms with Crippen molar-refractivity contribution in [3.8, 4) is 0 Å². The maximum absolute atomic E-state index is 10.6. The van der Waals surface area contributed by atoms with Crippen molar-refractivity contribution in [2.45, 2.75) is 24.7 Å². The number of hydrogen-bond acceptors (Lipinski definition) is 6. The average Bonchev–Trinajstić information content (AvgIpc) is 2.83. The third-order valence-electron chi connectivity index (χ3n) is 2.42. The highest BCUT2D eigenvalue weighted by molar-refractivity contribution is 7.09. The van der Waals surface area contributed by atoms with Gasteiger partial charge in [-0.05, 0) is 0 Å². The Bertz CT molecular complexity index is 393. The molecule has 1 aliphatic heterocycles. The lowest BCUT2D eigenvalue weighted by atomic mass is 10.1. The molecule has 1 fully saturated rings. The fourth-order valence-corrected chi connectivity index (χ4v) is 2.43. The Hall–Kier alpha value is -1.02. The lowest BCUT2D eigenvalue weighted by molar-refractivity contribution is -0.0226. The third-order valence-corrected chi connectivity index (χ3v) is 3.36. The van der Waals surface area contributed by atoms with Gasteiger partial charge in [-0.25, -0.2) is 9.78 Å². The van der Waals surface area contributed by atoms with Gasteiger partial charge < -0.3 is 20.1 Å². The van der Waals surface area contributed by atoms with Crippen molar-refractivity contribution in [1.82, 2.24) is 4.98 Å². The van der Waals surface area contributed by atoms with E-state index in [0.29, 0.717) is 11.4 Å². The van der Waals surface area contributed by atoms with Crippen LogP contribution in [0.5, 0.6) is 0 Å². The number of rotatable bonds is 3. The van der Waals surface area contributed by atoms with Crippen LogP contribution >= 0.6 is 11.3 Å². The Morgan fingerprint density at radius 1 is 1.69 bits per heavy atom. The molecule has 1 aliphatic rings. The van der Waals surface area contributed by atoms with Crippen LogP contribution in [0.4, 0.5) is 0 Å². The second kappa shape index (κ2) is 4.46. The molecule has 0 bridgehead atoms. The number of thiazole rings is 1. The first kappa shape index (κ1) is 11.5. The van der Waals surface area contributed by atoms with Gasteiger partial charge in [0.25, 0.3) is 0 Å². The molecule has 0 radical (unpaired) electrons. The lowest BCUT2D eigenvalue weighted by Crippen LogP contribution is -2.24. The normalized spacial score (nSPS) is 29.5. The first-order valence-electron chi connectivity index (χ1n) is 4.75. The maximum Gasteiger partial charge on any atom is 0.355 e. The van der Waals surface area contributed by atoms with Crippen LogP contribution in [0.25, 0.3) is 0 Å². The molecule has 0 aliphatic carbocycles. The number of carboxylic acids is 1. The van der Waals surface area contributed by atoms with Crippen molar-refractivity contribution < 1.29 is 24.9 Å². The maximum atomic E-state index is 10.6. The first-order valence-corrected chi connectivity index (χ1v) is 5.63. The van der Waals surface area contributed by atoms with Crippen LogP contribution in [0.15, 0.2) is 5.38 Å². The molecule has 1 aromatic rings. The number of nitrogens with zero attached hydrogens (tertiary/aromatic N) is 1. The first-order chi connectivity index (χ1) is 7.61. The van der Waals surface area contributed by atoms with E-state index in [0.717, 1.165) is 0 Å². The standard InChI is InChI=1S/C9H11NO5S/c11-2-7-5(12)1-6(15-7)8-10-4(3-16-8)9(13)14/h3,5-7,11-12H,1-2H2,(H,13,14)/t5-,6?,7+/m0/s1. The predicted molar refractivity (Wildman–Crippen MR) is 54.4 cm³/mol. The molecule has 0 aromatic carbocycles. The van der Waals surface area contributed by atoms with E-state index in [1.165, 1.54) is 16.7 Å². The minimum absolute atomic E-state index is 0.0226. The zero-order chi connectivity index (χ0) is 11.7. The summed E-state index contributed by atoms with van der Waals surface area (Å²) < 4.78 is 5.36. The number of aliphatic hydroxyl groups excluding tert-OH is 2. The minimum Gasteiger partial charge on any atom is -0.476 e. The van der Waals surface area contributed by atoms with E-state index in [9.17, 15) is 9.90 Å². The van der Waals surface area contributed by atoms with Crippen LogP contribution in [0.3, 0.4) is 0 Å². The summed E-state index contributed by atoms with van der Waals surface area (Å²) in [4.78, 5) is 14.5. The van der Waals surface area contributed by atoms with Gasteiger partial charge in [-0.1, -0.05) is 0 Å². The van der Waals surface area contributed by atoms with E-state index in [2.05, 4.69) is 4.98 Å². The largest absolute Gasteiger partial charge is 0.476 e. The summed E-state index contributed by atoms with van der Waals surface area (Å²) in [6.45, 7) is -0.255. The van der Waals surface area contributed by atoms with E-state index >= 15 is 0 Å². The van der Waals surface area contributed by atoms with Crippen molar-refractivity contribution >= 4 is 17.3 Å². The van der Waals surface area contributed by atoms with E-state index in [1.54, 1.807) is 0 Å². The fourth-order valence-electron chi connectivity index (χ4n) is 1.59. The Morgan fingerprint density at radius 3 is 2.94 bits per heavy atom. The summed E-state index contributed by atoms with van der Waals surface area (Å²) in [6.07, 6.45) is -1.43. The Labute approximate surface area is 95.1 Å². The van der Waals surface area contributed by atoms with Crippen molar-refractivity contribution in [2.75, 3.05) is 6.61 Å². The molecular weight excluding hydrogens is 234 g/mol. The van der Waals surface area contributed by atoms with E-state index in [-0.39, 0.29) is 12.3 Å². The topological polar surface area (TPSA) is 99.9 Å². The molecule has 3 N–H and O–H groups in total. The van der Waals surface area contributed by atoms with Gasteiger partial charge in [-0.15, -0.1) is 11.3 Å². The van der Waals surface area contributed by atoms with Crippen LogP contribution in [0, 0.1) is 0 Å². The quantitative estimate of drug-likeness (QED) is 0.694. The number of ether oxygens (including phenoxy) is 1. The molecule has 2 heterocycles. The summed E-state index contributed by atoms with van der Waals surface area (Å²) >= 11 is 1.18. The summed E-state index contributed by atoms with van der Waals surface area (Å²) in [7, 11) is 0. The van der Waals surface area contributed by atoms with E-state index in [1.807, 2.05) is 0 Å². The van der Waals surface area contributed by atoms with Gasteiger partial charge in [-0.3, -0.25) is 0 Å². The van der Waals surface area contributed by atoms with Gasteiger partial charge in [0, 0.05) is 11.8 Å². The minimum atomic E-state index is -1.08. The molecule has 2 rings (SSSR count). The molecule has 1 unspecified atom stereocenters. The summed E-state index contributed by atoms with van der Waals surface area (Å²) in [5, 5.41) is 29.1. The van der Waals surface area contributed by atoms with Gasteiger partial charge in [-0.2, -0.15) is 0 Å². The molecular formula is C9H11NO5S. The molecule has 0 amide bonds. The molecule has 16 heavy (non-hydrogen) atoms. The van der Waals surface area contributed by atoms with Crippen LogP contribution in [-0.4, -0.2) is 45.1 Å². The molecule has 1 saturated heterocycles. The predicted octanol–water partition coefficient (Wildman–Crippen LogP) is 0.0245. The number of aliphatic hydroxyl groups is 2. The zero-order valence-corrected chi connectivity index (χ0v) is 9.05. The van der Waals surface area contributed by atoms with Gasteiger partial charge >= 0.3 is 5.97 Å². The Kier molecular flexibility index (Phi) is 3.20. The Balaban J connectivity index is 2.11. The van der Waals surface area contributed by atoms with Crippen molar-refractivity contribution in [3.05, 3.63) is 16.1 Å². The van der Waals surface area contributed by atoms with Crippen LogP contribution < -0.4 is 0 Å². The molecule has 6 nitrogen and oxygen atoms in total. The molecule has 88 valence electrons. The van der Waals surface area contributed by atoms with Crippen molar-refractivity contribution in [3.63, 3.8) is 0 Å². The average molecular weight is 245 g/mol. The van der Waals surface area contributed by atoms with Gasteiger partial charge in [0.15, 0.2) is 5.69 Å². The van der Waals surface area contributed by atoms with Gasteiger partial charge in [0.1, 0.15) is 17.2 Å². The molecule has 0 spiro atoms. The van der Waals surface area contributed by atoms with Crippen LogP contribution in [0.2, 0.25) is 0 Å². The lowest BCUT2D eigenvalue weighted by Gasteiger charge is -2.09. The summed E-state index contributed by atoms with van der Waals surface area (Å²) in [5.74, 6) is -1.08. The zero-order valence-electron chi connectivity index (χ0n) is 8.24. The SMILES string of the molecule is O=C(O)c1csc(C2C[C@H](O)[C@@H](CO)O2)n1. The van der Waals surface area contributed by atoms with E-state index < -0.39 is 24.3 Å². The number of aromatic carboxylic acids is 1. The smallest absolute Gasteiger partial charge is 0.355 e. The number of aromatic nitrogens is 1. The van der Waals surface area contributed by atoms with Crippen LogP contribution in [0.1, 0.15) is 28.0 Å². The number of carboxylic acid groups (broad SMARTS) is 1. The molecule has 7 heteroatoms. The van der Waals surface area contributed by atoms with Crippen LogP contribution in [-0.2, 0) is 4.74 Å². The molecule has 3 atom stereocenters. The third kappa shape index (κ3) is 2.07. The van der Waals surface area contributed by atoms with Crippen molar-refractivity contribution in [2.24, 2.45) is 0 Å². The fraction of sp³-hybridized carbons (Fsp3) is 0.556. The second-order valence-corrected chi connectivity index (χ2v) is 4.41. The van der Waals surface area contributed by atoms with Crippen molar-refractivity contribution in [1.29, 1.82) is 0 Å². The van der Waals surface area contributed by atoms with Gasteiger partial charge in [0.2, 0.25) is 0 Å². The number of hydrogen-bond donors (Lipinski definition) is 3. The monoisotopic (exact) mass is 245 g/mol. The molecule has 0 saturated carbocycles. The highest BCUT2D eigenvalue weighted by Crippen LogP contribution is 2.34. The summed E-state index contributed by atoms with van der Waals surface area (Å²) in [6, 6.07) is 0. The van der Waals surface area contributed by atoms with Gasteiger partial charge in [0.05, 0.1) is 12.7 Å². The summed E-state index contributed by atoms with van der Waals surface area (Å²) in [5.41, 5.74) is -0.0226. The van der Waals surface area contributed by atoms with E-state index in [4.69, 9.17) is 14.9 Å².